The molecule has 0 unspecified atom stereocenters. The molecule has 0 aliphatic carbocycles. The average molecular weight is 368 g/mol. The zero-order valence-electron chi connectivity index (χ0n) is 14.4. The summed E-state index contributed by atoms with van der Waals surface area (Å²) in [5, 5.41) is 59.2. The van der Waals surface area contributed by atoms with Crippen molar-refractivity contribution in [1.82, 2.24) is 0 Å². The van der Waals surface area contributed by atoms with Gasteiger partial charge in [-0.05, 0) is 20.8 Å². The summed E-state index contributed by atoms with van der Waals surface area (Å²) >= 11 is 0. The Hall–Kier alpha value is -0.400. The van der Waals surface area contributed by atoms with Gasteiger partial charge in [-0.2, -0.15) is 0 Å². The van der Waals surface area contributed by atoms with Crippen molar-refractivity contribution in [2.45, 2.75) is 88.3 Å². The first-order chi connectivity index (χ1) is 11.6. The average Bonchev–Trinajstić information content (AvgIpc) is 2.56. The third kappa shape index (κ3) is 4.66. The predicted octanol–water partition coefficient (Wildman–Crippen LogP) is -2.94. The normalized spacial score (nSPS) is 48.7. The van der Waals surface area contributed by atoms with Crippen molar-refractivity contribution in [1.29, 1.82) is 0 Å². The molecule has 25 heavy (non-hydrogen) atoms. The van der Waals surface area contributed by atoms with Gasteiger partial charge in [0.15, 0.2) is 12.6 Å². The van der Waals surface area contributed by atoms with E-state index in [1.165, 1.54) is 6.92 Å². The van der Waals surface area contributed by atoms with Crippen molar-refractivity contribution in [3.05, 3.63) is 0 Å². The Balaban J connectivity index is 1.96. The molecule has 2 aliphatic rings. The third-order valence-electron chi connectivity index (χ3n) is 4.31. The molecule has 10 heteroatoms. The van der Waals surface area contributed by atoms with E-state index >= 15 is 0 Å². The second kappa shape index (κ2) is 8.53. The van der Waals surface area contributed by atoms with Crippen LogP contribution in [-0.2, 0) is 18.9 Å². The summed E-state index contributed by atoms with van der Waals surface area (Å²) < 4.78 is 21.4. The number of rotatable bonds is 5. The van der Waals surface area contributed by atoms with Crippen LogP contribution in [0.1, 0.15) is 20.8 Å². The van der Waals surface area contributed by atoms with E-state index in [0.29, 0.717) is 0 Å². The predicted molar refractivity (Wildman–Crippen MR) is 81.2 cm³/mol. The fraction of sp³-hybridized carbons (Fsp3) is 1.00. The molecule has 0 saturated carbocycles. The number of aliphatic hydroxyl groups is 6. The van der Waals surface area contributed by atoms with E-state index in [0.717, 1.165) is 0 Å². The van der Waals surface area contributed by atoms with Gasteiger partial charge in [0.2, 0.25) is 0 Å². The number of aliphatic hydroxyl groups excluding tert-OH is 6. The molecule has 2 heterocycles. The van der Waals surface area contributed by atoms with Crippen LogP contribution in [0.2, 0.25) is 0 Å². The minimum absolute atomic E-state index is 0.287. The highest BCUT2D eigenvalue weighted by atomic mass is 16.7. The summed E-state index contributed by atoms with van der Waals surface area (Å²) in [4.78, 5) is 0. The van der Waals surface area contributed by atoms with Gasteiger partial charge >= 0.3 is 0 Å². The van der Waals surface area contributed by atoms with Crippen LogP contribution in [0, 0.1) is 0 Å². The molecular formula is C15H28O10. The van der Waals surface area contributed by atoms with E-state index < -0.39 is 61.4 Å². The van der Waals surface area contributed by atoms with Crippen LogP contribution in [0.25, 0.3) is 0 Å². The van der Waals surface area contributed by atoms with Crippen molar-refractivity contribution < 1.29 is 49.6 Å². The Morgan fingerprint density at radius 2 is 1.32 bits per heavy atom. The van der Waals surface area contributed by atoms with Crippen LogP contribution in [-0.4, -0.2) is 105 Å². The van der Waals surface area contributed by atoms with Crippen LogP contribution in [0.15, 0.2) is 0 Å². The molecule has 10 atom stereocenters. The maximum absolute atomic E-state index is 10.0. The fourth-order valence-corrected chi connectivity index (χ4v) is 2.78. The maximum Gasteiger partial charge on any atom is 0.186 e. The van der Waals surface area contributed by atoms with Crippen LogP contribution >= 0.6 is 0 Å². The Morgan fingerprint density at radius 1 is 0.760 bits per heavy atom. The quantitative estimate of drug-likeness (QED) is 0.296. The summed E-state index contributed by atoms with van der Waals surface area (Å²) in [6.07, 6.45) is -13.1. The number of hydrogen-bond acceptors (Lipinski definition) is 10. The van der Waals surface area contributed by atoms with Gasteiger partial charge in [0.25, 0.3) is 0 Å². The van der Waals surface area contributed by atoms with E-state index in [1.807, 2.05) is 0 Å². The van der Waals surface area contributed by atoms with E-state index in [4.69, 9.17) is 18.9 Å². The fourth-order valence-electron chi connectivity index (χ4n) is 2.78. The molecule has 0 aromatic carbocycles. The second-order valence-electron chi connectivity index (χ2n) is 6.71. The zero-order valence-corrected chi connectivity index (χ0v) is 14.4. The van der Waals surface area contributed by atoms with Crippen molar-refractivity contribution in [2.24, 2.45) is 0 Å². The highest BCUT2D eigenvalue weighted by molar-refractivity contribution is 4.91. The van der Waals surface area contributed by atoms with E-state index in [-0.39, 0.29) is 12.7 Å². The summed E-state index contributed by atoms with van der Waals surface area (Å²) in [5.74, 6) is 0. The van der Waals surface area contributed by atoms with Gasteiger partial charge in [-0.25, -0.2) is 0 Å². The topological polar surface area (TPSA) is 158 Å². The first kappa shape index (κ1) is 20.9. The van der Waals surface area contributed by atoms with Crippen molar-refractivity contribution in [3.8, 4) is 0 Å². The molecule has 6 N–H and O–H groups in total. The summed E-state index contributed by atoms with van der Waals surface area (Å²) in [5.41, 5.74) is 0. The van der Waals surface area contributed by atoms with Crippen molar-refractivity contribution >= 4 is 0 Å². The smallest absolute Gasteiger partial charge is 0.186 e. The molecule has 2 fully saturated rings. The van der Waals surface area contributed by atoms with E-state index in [9.17, 15) is 30.6 Å². The SMILES string of the molecule is CC(C)O[C@@H]1O[C@H](CO[C@@H]2O[C@@H](C)[C@H](O)[C@@H](O)[C@H]2O)[C@@H](O)[C@H](O)[C@H]1O. The summed E-state index contributed by atoms with van der Waals surface area (Å²) in [6, 6.07) is 0. The molecule has 0 radical (unpaired) electrons. The van der Waals surface area contributed by atoms with Gasteiger partial charge in [-0.1, -0.05) is 0 Å². The Morgan fingerprint density at radius 3 is 1.92 bits per heavy atom. The maximum atomic E-state index is 10.0. The van der Waals surface area contributed by atoms with Crippen LogP contribution in [0.5, 0.6) is 0 Å². The Bertz CT molecular complexity index is 421. The lowest BCUT2D eigenvalue weighted by atomic mass is 9.98. The molecule has 0 aromatic rings. The molecule has 0 amide bonds. The van der Waals surface area contributed by atoms with Crippen LogP contribution in [0.3, 0.4) is 0 Å². The number of ether oxygens (including phenoxy) is 4. The molecule has 148 valence electrons. The van der Waals surface area contributed by atoms with Gasteiger partial charge in [-0.15, -0.1) is 0 Å². The standard InChI is InChI=1S/C15H28O10/c1-5(2)23-15-13(21)11(19)9(17)7(25-15)4-22-14-12(20)10(18)8(16)6(3)24-14/h5-21H,4H2,1-3H3/t6-,7+,8-,9+,10+,11-,12+,13+,14+,15+/m0/s1. The zero-order chi connectivity index (χ0) is 18.9. The molecule has 10 nitrogen and oxygen atoms in total. The van der Waals surface area contributed by atoms with E-state index in [1.54, 1.807) is 13.8 Å². The second-order valence-corrected chi connectivity index (χ2v) is 6.71. The highest BCUT2D eigenvalue weighted by Crippen LogP contribution is 2.26. The van der Waals surface area contributed by atoms with E-state index in [2.05, 4.69) is 0 Å². The first-order valence-corrected chi connectivity index (χ1v) is 8.29. The molecule has 2 saturated heterocycles. The highest BCUT2D eigenvalue weighted by Gasteiger charge is 2.46. The van der Waals surface area contributed by atoms with Crippen molar-refractivity contribution in [2.75, 3.05) is 6.61 Å². The minimum atomic E-state index is -1.50. The summed E-state index contributed by atoms with van der Waals surface area (Å²) in [7, 11) is 0. The van der Waals surface area contributed by atoms with Gasteiger partial charge in [0, 0.05) is 0 Å². The molecular weight excluding hydrogens is 340 g/mol. The Labute approximate surface area is 145 Å². The monoisotopic (exact) mass is 368 g/mol. The molecule has 0 bridgehead atoms. The lowest BCUT2D eigenvalue weighted by molar-refractivity contribution is -0.331. The van der Waals surface area contributed by atoms with Crippen LogP contribution < -0.4 is 0 Å². The van der Waals surface area contributed by atoms with Gasteiger partial charge in [0.1, 0.15) is 42.7 Å². The first-order valence-electron chi connectivity index (χ1n) is 8.29. The van der Waals surface area contributed by atoms with Gasteiger partial charge in [-0.3, -0.25) is 0 Å². The lowest BCUT2D eigenvalue weighted by Gasteiger charge is -2.42. The Kier molecular flexibility index (Phi) is 7.13. The molecule has 2 aliphatic heterocycles. The number of hydrogen-bond donors (Lipinski definition) is 6. The molecule has 0 spiro atoms. The largest absolute Gasteiger partial charge is 0.388 e. The third-order valence-corrected chi connectivity index (χ3v) is 4.31. The summed E-state index contributed by atoms with van der Waals surface area (Å²) in [6.45, 7) is 4.65. The molecule has 2 rings (SSSR count). The molecule has 0 aromatic heterocycles. The minimum Gasteiger partial charge on any atom is -0.388 e. The van der Waals surface area contributed by atoms with Gasteiger partial charge < -0.3 is 49.6 Å². The lowest BCUT2D eigenvalue weighted by Crippen LogP contribution is -2.61. The van der Waals surface area contributed by atoms with Crippen LogP contribution in [0.4, 0.5) is 0 Å². The van der Waals surface area contributed by atoms with Crippen molar-refractivity contribution in [3.63, 3.8) is 0 Å². The van der Waals surface area contributed by atoms with Gasteiger partial charge in [0.05, 0.1) is 18.8 Å².